The third-order valence-electron chi connectivity index (χ3n) is 7.52. The minimum atomic E-state index is -0.113. The summed E-state index contributed by atoms with van der Waals surface area (Å²) in [5, 5.41) is 3.66. The van der Waals surface area contributed by atoms with E-state index in [1.807, 2.05) is 42.5 Å². The van der Waals surface area contributed by atoms with Crippen LogP contribution in [0.2, 0.25) is 5.02 Å². The highest BCUT2D eigenvalue weighted by molar-refractivity contribution is 8.04. The first kappa shape index (κ1) is 27.5. The fourth-order valence-electron chi connectivity index (χ4n) is 5.24. The molecule has 3 aromatic rings. The van der Waals surface area contributed by atoms with Gasteiger partial charge in [0.2, 0.25) is 0 Å². The van der Waals surface area contributed by atoms with Gasteiger partial charge < -0.3 is 15.1 Å². The van der Waals surface area contributed by atoms with Crippen molar-refractivity contribution < 1.29 is 9.59 Å². The summed E-state index contributed by atoms with van der Waals surface area (Å²) in [4.78, 5) is 31.6. The highest BCUT2D eigenvalue weighted by atomic mass is 35.5. The summed E-state index contributed by atoms with van der Waals surface area (Å²) < 4.78 is 0. The van der Waals surface area contributed by atoms with Crippen molar-refractivity contribution in [2.75, 3.05) is 38.1 Å². The molecular weight excluding hydrogens is 526 g/mol. The van der Waals surface area contributed by atoms with Crippen LogP contribution < -0.4 is 10.2 Å². The summed E-state index contributed by atoms with van der Waals surface area (Å²) in [6, 6.07) is 23.8. The Labute approximate surface area is 240 Å². The number of piperidine rings is 1. The Morgan fingerprint density at radius 2 is 1.79 bits per heavy atom. The molecule has 0 radical (unpaired) electrons. The Kier molecular flexibility index (Phi) is 9.07. The second-order valence-electron chi connectivity index (χ2n) is 10.3. The molecule has 202 valence electrons. The third kappa shape index (κ3) is 6.93. The summed E-state index contributed by atoms with van der Waals surface area (Å²) in [6.07, 6.45) is 6.38. The monoisotopic (exact) mass is 559 g/mol. The van der Waals surface area contributed by atoms with Crippen LogP contribution in [0, 0.1) is 5.92 Å². The first-order valence-electron chi connectivity index (χ1n) is 13.6. The number of nitrogens with zero attached hydrogens (tertiary/aromatic N) is 2. The van der Waals surface area contributed by atoms with Crippen LogP contribution in [0.4, 0.5) is 5.69 Å². The van der Waals surface area contributed by atoms with Gasteiger partial charge >= 0.3 is 0 Å². The molecule has 2 heterocycles. The van der Waals surface area contributed by atoms with Gasteiger partial charge in [0.15, 0.2) is 0 Å². The number of fused-ring (bicyclic) bond motifs is 1. The maximum atomic E-state index is 13.0. The van der Waals surface area contributed by atoms with Gasteiger partial charge in [-0.25, -0.2) is 0 Å². The third-order valence-corrected chi connectivity index (χ3v) is 8.94. The molecule has 1 saturated heterocycles. The molecule has 0 bridgehead atoms. The van der Waals surface area contributed by atoms with Crippen molar-refractivity contribution in [3.63, 3.8) is 0 Å². The van der Waals surface area contributed by atoms with Gasteiger partial charge in [-0.1, -0.05) is 71.9 Å². The molecule has 2 amide bonds. The standard InChI is InChI=1S/C32H34ClN3O2S/c1-35-28-21-26(12-13-29(28)39-30(32(35)38)22-25-10-5-6-11-27(25)33)31(37)34-16-7-17-36-18-14-24(15-19-36)20-23-8-3-2-4-9-23/h2-6,8-13,21-22,24H,7,14-20H2,1H3,(H,34,37). The second-order valence-corrected chi connectivity index (χ2v) is 11.8. The van der Waals surface area contributed by atoms with E-state index in [-0.39, 0.29) is 11.8 Å². The zero-order valence-electron chi connectivity index (χ0n) is 22.2. The average Bonchev–Trinajstić information content (AvgIpc) is 2.96. The van der Waals surface area contributed by atoms with Crippen LogP contribution in [0.3, 0.4) is 0 Å². The highest BCUT2D eigenvalue weighted by Gasteiger charge is 2.27. The maximum absolute atomic E-state index is 13.0. The topological polar surface area (TPSA) is 52.7 Å². The van der Waals surface area contributed by atoms with Crippen LogP contribution in [-0.4, -0.2) is 49.9 Å². The summed E-state index contributed by atoms with van der Waals surface area (Å²) in [5.41, 5.74) is 3.55. The molecule has 39 heavy (non-hydrogen) atoms. The molecule has 5 rings (SSSR count). The summed E-state index contributed by atoms with van der Waals surface area (Å²) in [5.74, 6) is 0.540. The number of anilines is 1. The quantitative estimate of drug-likeness (QED) is 0.252. The smallest absolute Gasteiger partial charge is 0.264 e. The number of likely N-dealkylation sites (N-methyl/N-ethyl adjacent to an activating group) is 1. The molecule has 7 heteroatoms. The van der Waals surface area contributed by atoms with Crippen molar-refractivity contribution in [1.82, 2.24) is 10.2 Å². The molecule has 0 unspecified atom stereocenters. The van der Waals surface area contributed by atoms with E-state index in [2.05, 4.69) is 40.5 Å². The molecule has 0 aliphatic carbocycles. The van der Waals surface area contributed by atoms with Gasteiger partial charge in [0, 0.05) is 29.1 Å². The van der Waals surface area contributed by atoms with E-state index in [1.165, 1.54) is 36.6 Å². The van der Waals surface area contributed by atoms with Gasteiger partial charge in [-0.2, -0.15) is 0 Å². The summed E-state index contributed by atoms with van der Waals surface area (Å²) in [6.45, 7) is 3.88. The zero-order valence-corrected chi connectivity index (χ0v) is 23.8. The van der Waals surface area contributed by atoms with Crippen molar-refractivity contribution in [1.29, 1.82) is 0 Å². The Balaban J connectivity index is 1.10. The average molecular weight is 560 g/mol. The molecule has 0 aromatic heterocycles. The van der Waals surface area contributed by atoms with Crippen LogP contribution in [-0.2, 0) is 11.2 Å². The number of amides is 2. The van der Waals surface area contributed by atoms with E-state index in [0.717, 1.165) is 48.1 Å². The van der Waals surface area contributed by atoms with Crippen molar-refractivity contribution in [3.05, 3.63) is 99.4 Å². The van der Waals surface area contributed by atoms with Gasteiger partial charge in [0.25, 0.3) is 11.8 Å². The number of hydrogen-bond acceptors (Lipinski definition) is 4. The van der Waals surface area contributed by atoms with Crippen LogP contribution in [0.1, 0.15) is 40.7 Å². The van der Waals surface area contributed by atoms with E-state index in [9.17, 15) is 9.59 Å². The number of carbonyl (C=O) groups is 2. The molecule has 3 aromatic carbocycles. The lowest BCUT2D eigenvalue weighted by molar-refractivity contribution is -0.114. The number of benzene rings is 3. The summed E-state index contributed by atoms with van der Waals surface area (Å²) in [7, 11) is 1.74. The largest absolute Gasteiger partial charge is 0.352 e. The van der Waals surface area contributed by atoms with Gasteiger partial charge in [0.1, 0.15) is 0 Å². The number of nitrogens with one attached hydrogen (secondary N) is 1. The van der Waals surface area contributed by atoms with Crippen LogP contribution >= 0.6 is 23.4 Å². The molecule has 2 aliphatic rings. The number of halogens is 1. The SMILES string of the molecule is CN1C(=O)C(=Cc2ccccc2Cl)Sc2ccc(C(=O)NCCCN3CCC(Cc4ccccc4)CC3)cc21. The number of carbonyl (C=O) groups excluding carboxylic acids is 2. The van der Waals surface area contributed by atoms with Crippen molar-refractivity contribution in [2.45, 2.75) is 30.6 Å². The predicted molar refractivity (Wildman–Crippen MR) is 161 cm³/mol. The number of thioether (sulfide) groups is 1. The molecule has 5 nitrogen and oxygen atoms in total. The van der Waals surface area contributed by atoms with Gasteiger partial charge in [-0.15, -0.1) is 0 Å². The zero-order chi connectivity index (χ0) is 27.2. The molecule has 0 spiro atoms. The predicted octanol–water partition coefficient (Wildman–Crippen LogP) is 6.52. The first-order chi connectivity index (χ1) is 19.0. The van der Waals surface area contributed by atoms with E-state index in [1.54, 1.807) is 18.0 Å². The minimum absolute atomic E-state index is 0.109. The van der Waals surface area contributed by atoms with Crippen LogP contribution in [0.5, 0.6) is 0 Å². The van der Waals surface area contributed by atoms with E-state index in [0.29, 0.717) is 22.0 Å². The van der Waals surface area contributed by atoms with E-state index >= 15 is 0 Å². The Hall–Kier alpha value is -3.06. The normalized spacial score (nSPS) is 17.3. The summed E-state index contributed by atoms with van der Waals surface area (Å²) >= 11 is 7.69. The second kappa shape index (κ2) is 12.9. The Morgan fingerprint density at radius 1 is 1.05 bits per heavy atom. The Morgan fingerprint density at radius 3 is 2.56 bits per heavy atom. The number of likely N-dealkylation sites (tertiary alicyclic amines) is 1. The molecule has 2 aliphatic heterocycles. The molecular formula is C32H34ClN3O2S. The Bertz CT molecular complexity index is 1350. The molecule has 0 atom stereocenters. The number of rotatable bonds is 8. The highest BCUT2D eigenvalue weighted by Crippen LogP contribution is 2.42. The number of hydrogen-bond donors (Lipinski definition) is 1. The molecule has 0 saturated carbocycles. The van der Waals surface area contributed by atoms with Crippen molar-refractivity contribution in [2.24, 2.45) is 5.92 Å². The van der Waals surface area contributed by atoms with E-state index < -0.39 is 0 Å². The van der Waals surface area contributed by atoms with Crippen LogP contribution in [0.15, 0.2) is 82.6 Å². The molecule has 1 N–H and O–H groups in total. The lowest BCUT2D eigenvalue weighted by Crippen LogP contribution is -2.36. The van der Waals surface area contributed by atoms with Crippen LogP contribution in [0.25, 0.3) is 6.08 Å². The minimum Gasteiger partial charge on any atom is -0.352 e. The van der Waals surface area contributed by atoms with Gasteiger partial charge in [-0.05, 0) is 92.7 Å². The fraction of sp³-hybridized carbons (Fsp3) is 0.312. The lowest BCUT2D eigenvalue weighted by atomic mass is 9.90. The van der Waals surface area contributed by atoms with Crippen molar-refractivity contribution in [3.8, 4) is 0 Å². The lowest BCUT2D eigenvalue weighted by Gasteiger charge is -2.32. The first-order valence-corrected chi connectivity index (χ1v) is 14.8. The van der Waals surface area contributed by atoms with E-state index in [4.69, 9.17) is 11.6 Å². The maximum Gasteiger partial charge on any atom is 0.264 e. The fourth-order valence-corrected chi connectivity index (χ4v) is 6.51. The van der Waals surface area contributed by atoms with Gasteiger partial charge in [-0.3, -0.25) is 9.59 Å². The van der Waals surface area contributed by atoms with Crippen molar-refractivity contribution >= 4 is 46.9 Å². The van der Waals surface area contributed by atoms with Gasteiger partial charge in [0.05, 0.1) is 10.6 Å². The molecule has 1 fully saturated rings.